The van der Waals surface area contributed by atoms with Crippen LogP contribution in [0.2, 0.25) is 0 Å². The van der Waals surface area contributed by atoms with E-state index in [1.807, 2.05) is 0 Å². The van der Waals surface area contributed by atoms with Crippen molar-refractivity contribution in [1.82, 2.24) is 4.98 Å². The van der Waals surface area contributed by atoms with Gasteiger partial charge < -0.3 is 26.7 Å². The number of hydrogen-bond donors (Lipinski definition) is 1. The van der Waals surface area contributed by atoms with Gasteiger partial charge in [0.1, 0.15) is 5.52 Å². The number of nitrogens with zero attached hydrogens (tertiary/aromatic N) is 1. The highest BCUT2D eigenvalue weighted by atomic mass is 79.9. The highest BCUT2D eigenvalue weighted by Crippen LogP contribution is 2.32. The number of rotatable bonds is 1. The lowest BCUT2D eigenvalue weighted by molar-refractivity contribution is -0.511. The van der Waals surface area contributed by atoms with Gasteiger partial charge in [0.05, 0.1) is 7.11 Å². The summed E-state index contributed by atoms with van der Waals surface area (Å²) in [5.74, 6) is 0.937. The monoisotopic (exact) mass is 356 g/mol. The molecular weight excluding hydrogens is 340 g/mol. The van der Waals surface area contributed by atoms with Gasteiger partial charge in [-0.25, -0.2) is 0 Å². The number of benzene rings is 1. The number of methoxy groups -OCH3 is 1. The molecule has 112 valence electrons. The highest BCUT2D eigenvalue weighted by molar-refractivity contribution is 6.11. The van der Waals surface area contributed by atoms with Gasteiger partial charge in [0, 0.05) is 33.5 Å². The molecule has 3 aromatic heterocycles. The molecule has 0 radical (unpaired) electrons. The third-order valence-corrected chi connectivity index (χ3v) is 4.33. The first-order chi connectivity index (χ1) is 10.2. The van der Waals surface area contributed by atoms with E-state index >= 15 is 0 Å². The summed E-state index contributed by atoms with van der Waals surface area (Å²) >= 11 is 0. The lowest BCUT2D eigenvalue weighted by Gasteiger charge is -2.07. The van der Waals surface area contributed by atoms with Gasteiger partial charge in [0.25, 0.3) is 5.52 Å². The van der Waals surface area contributed by atoms with Gasteiger partial charge in [0.2, 0.25) is 0 Å². The van der Waals surface area contributed by atoms with E-state index in [-0.39, 0.29) is 17.0 Å². The van der Waals surface area contributed by atoms with Gasteiger partial charge in [-0.2, -0.15) is 4.40 Å². The first kappa shape index (κ1) is 14.9. The molecule has 1 aromatic carbocycles. The Kier molecular flexibility index (Phi) is 3.57. The Morgan fingerprint density at radius 2 is 1.82 bits per heavy atom. The Morgan fingerprint density at radius 1 is 1.05 bits per heavy atom. The maximum Gasteiger partial charge on any atom is 0.277 e. The van der Waals surface area contributed by atoms with E-state index in [0.717, 1.165) is 22.3 Å². The topological polar surface area (TPSA) is 29.1 Å². The molecule has 4 rings (SSSR count). The smallest absolute Gasteiger partial charge is 0.277 e. The molecule has 0 aliphatic heterocycles. The number of pyridine rings is 2. The molecule has 1 N–H and O–H groups in total. The van der Waals surface area contributed by atoms with Crippen molar-refractivity contribution in [2.45, 2.75) is 13.8 Å². The standard InChI is InChI=1S/C18H16N2O.BrH/c1-11-10-20-9-8-14-13-6-4-5-7-15(13)19-16(14)17(20)18(21-3)12(11)2;/h4-10H,1-3H3;1H. The maximum atomic E-state index is 5.70. The molecular formula is C18H17BrN2O. The fraction of sp³-hybridized carbons (Fsp3) is 0.167. The minimum atomic E-state index is 0. The molecule has 4 heteroatoms. The quantitative estimate of drug-likeness (QED) is 0.499. The number of H-pyrrole nitrogens is 1. The molecule has 0 spiro atoms. The molecule has 0 unspecified atom stereocenters. The van der Waals surface area contributed by atoms with Gasteiger partial charge >= 0.3 is 0 Å². The molecule has 4 aromatic rings. The van der Waals surface area contributed by atoms with Crippen LogP contribution in [0, 0.1) is 13.8 Å². The molecule has 0 saturated carbocycles. The van der Waals surface area contributed by atoms with Crippen LogP contribution < -0.4 is 26.1 Å². The van der Waals surface area contributed by atoms with Crippen molar-refractivity contribution in [2.75, 3.05) is 7.11 Å². The van der Waals surface area contributed by atoms with Crippen LogP contribution in [0.3, 0.4) is 0 Å². The summed E-state index contributed by atoms with van der Waals surface area (Å²) in [6, 6.07) is 10.6. The van der Waals surface area contributed by atoms with Gasteiger partial charge in [-0.3, -0.25) is 0 Å². The summed E-state index contributed by atoms with van der Waals surface area (Å²) in [6.45, 7) is 4.22. The van der Waals surface area contributed by atoms with Crippen molar-refractivity contribution >= 4 is 27.3 Å². The average molecular weight is 357 g/mol. The molecule has 0 aliphatic carbocycles. The van der Waals surface area contributed by atoms with E-state index < -0.39 is 0 Å². The molecule has 0 atom stereocenters. The Hall–Kier alpha value is -2.07. The molecule has 0 amide bonds. The number of aromatic amines is 1. The van der Waals surface area contributed by atoms with Crippen LogP contribution in [0.25, 0.3) is 27.3 Å². The van der Waals surface area contributed by atoms with Crippen LogP contribution in [0.15, 0.2) is 42.7 Å². The Labute approximate surface area is 139 Å². The number of hydrogen-bond acceptors (Lipinski definition) is 1. The van der Waals surface area contributed by atoms with Gasteiger partial charge in [-0.1, -0.05) is 18.2 Å². The van der Waals surface area contributed by atoms with Crippen LogP contribution in [0.1, 0.15) is 11.1 Å². The SMILES string of the molecule is COc1c(C)c(C)c[n+]2ccc3c4ccccc4[nH]c3c12.[Br-]. The van der Waals surface area contributed by atoms with Crippen LogP contribution in [0.4, 0.5) is 0 Å². The highest BCUT2D eigenvalue weighted by Gasteiger charge is 2.20. The summed E-state index contributed by atoms with van der Waals surface area (Å²) in [6.07, 6.45) is 4.26. The van der Waals surface area contributed by atoms with Crippen molar-refractivity contribution in [2.24, 2.45) is 0 Å². The van der Waals surface area contributed by atoms with E-state index in [1.54, 1.807) is 7.11 Å². The third-order valence-electron chi connectivity index (χ3n) is 4.33. The van der Waals surface area contributed by atoms with E-state index in [1.165, 1.54) is 21.9 Å². The zero-order valence-corrected chi connectivity index (χ0v) is 14.4. The van der Waals surface area contributed by atoms with Crippen LogP contribution >= 0.6 is 0 Å². The molecule has 22 heavy (non-hydrogen) atoms. The molecule has 0 aliphatic rings. The number of halogens is 1. The first-order valence-corrected chi connectivity index (χ1v) is 7.09. The number of aromatic nitrogens is 2. The number of ether oxygens (including phenoxy) is 1. The first-order valence-electron chi connectivity index (χ1n) is 7.09. The second-order valence-corrected chi connectivity index (χ2v) is 5.50. The third kappa shape index (κ3) is 1.91. The Morgan fingerprint density at radius 3 is 2.59 bits per heavy atom. The van der Waals surface area contributed by atoms with Gasteiger partial charge in [-0.05, 0) is 19.9 Å². The largest absolute Gasteiger partial charge is 1.00 e. The van der Waals surface area contributed by atoms with Crippen molar-refractivity contribution in [3.8, 4) is 5.75 Å². The summed E-state index contributed by atoms with van der Waals surface area (Å²) < 4.78 is 7.84. The fourth-order valence-electron chi connectivity index (χ4n) is 3.13. The minimum absolute atomic E-state index is 0. The predicted octanol–water partition coefficient (Wildman–Crippen LogP) is 0.689. The van der Waals surface area contributed by atoms with E-state index in [9.17, 15) is 0 Å². The van der Waals surface area contributed by atoms with Crippen molar-refractivity contribution in [3.63, 3.8) is 0 Å². The van der Waals surface area contributed by atoms with Crippen molar-refractivity contribution in [1.29, 1.82) is 0 Å². The van der Waals surface area contributed by atoms with Crippen LogP contribution in [-0.2, 0) is 0 Å². The summed E-state index contributed by atoms with van der Waals surface area (Å²) in [4.78, 5) is 3.54. The molecule has 0 bridgehead atoms. The maximum absolute atomic E-state index is 5.70. The second kappa shape index (κ2) is 5.29. The number of para-hydroxylation sites is 1. The summed E-state index contributed by atoms with van der Waals surface area (Å²) in [5, 5.41) is 2.47. The zero-order chi connectivity index (χ0) is 14.6. The summed E-state index contributed by atoms with van der Waals surface area (Å²) in [7, 11) is 1.74. The lowest BCUT2D eigenvalue weighted by Crippen LogP contribution is -3.00. The van der Waals surface area contributed by atoms with E-state index in [0.29, 0.717) is 0 Å². The van der Waals surface area contributed by atoms with Gasteiger partial charge in [-0.15, -0.1) is 0 Å². The van der Waals surface area contributed by atoms with E-state index in [4.69, 9.17) is 4.74 Å². The number of fused-ring (bicyclic) bond motifs is 5. The normalized spacial score (nSPS) is 11.0. The minimum Gasteiger partial charge on any atom is -1.00 e. The lowest BCUT2D eigenvalue weighted by atomic mass is 10.1. The average Bonchev–Trinajstić information content (AvgIpc) is 2.87. The second-order valence-electron chi connectivity index (χ2n) is 5.50. The number of nitrogens with one attached hydrogen (secondary N) is 1. The zero-order valence-electron chi connectivity index (χ0n) is 12.8. The van der Waals surface area contributed by atoms with Crippen molar-refractivity contribution in [3.05, 3.63) is 53.9 Å². The van der Waals surface area contributed by atoms with Crippen LogP contribution in [0.5, 0.6) is 5.75 Å². The molecule has 0 saturated heterocycles. The van der Waals surface area contributed by atoms with Crippen molar-refractivity contribution < 1.29 is 26.1 Å². The van der Waals surface area contributed by atoms with E-state index in [2.05, 4.69) is 66.0 Å². The fourth-order valence-corrected chi connectivity index (χ4v) is 3.13. The Bertz CT molecular complexity index is 1000. The summed E-state index contributed by atoms with van der Waals surface area (Å²) in [5.41, 5.74) is 5.78. The molecule has 0 fully saturated rings. The predicted molar refractivity (Wildman–Crippen MR) is 85.0 cm³/mol. The Balaban J connectivity index is 0.00000144. The molecule has 3 nitrogen and oxygen atoms in total. The van der Waals surface area contributed by atoms with Crippen LogP contribution in [-0.4, -0.2) is 12.1 Å². The number of aryl methyl sites for hydroxylation is 1. The molecule has 3 heterocycles. The van der Waals surface area contributed by atoms with Gasteiger partial charge in [0.15, 0.2) is 18.1 Å².